The van der Waals surface area contributed by atoms with Gasteiger partial charge in [0.2, 0.25) is 0 Å². The van der Waals surface area contributed by atoms with Crippen LogP contribution in [0.1, 0.15) is 44.2 Å². The Hall–Kier alpha value is -3.02. The van der Waals surface area contributed by atoms with Crippen LogP contribution in [0.25, 0.3) is 0 Å². The molecule has 2 saturated heterocycles. The Morgan fingerprint density at radius 3 is 2.20 bits per heavy atom. The average molecular weight is 557 g/mol. The van der Waals surface area contributed by atoms with Crippen LogP contribution in [0.2, 0.25) is 0 Å². The third-order valence-corrected chi connectivity index (χ3v) is 7.23. The lowest BCUT2D eigenvalue weighted by molar-refractivity contribution is -0.228. The Balaban J connectivity index is 1.59. The van der Waals surface area contributed by atoms with E-state index >= 15 is 0 Å². The maximum absolute atomic E-state index is 13.7. The minimum atomic E-state index is -0.833. The molecule has 10 heteroatoms. The maximum atomic E-state index is 13.7. The molecule has 2 aliphatic rings. The second-order valence-electron chi connectivity index (χ2n) is 10.6. The first kappa shape index (κ1) is 30.0. The van der Waals surface area contributed by atoms with E-state index in [1.54, 1.807) is 12.0 Å². The number of methoxy groups -OCH3 is 2. The predicted molar refractivity (Wildman–Crippen MR) is 146 cm³/mol. The van der Waals surface area contributed by atoms with Gasteiger partial charge in [-0.05, 0) is 44.2 Å². The normalized spacial score (nSPS) is 24.6. The molecule has 1 amide bonds. The fourth-order valence-electron chi connectivity index (χ4n) is 5.26. The molecule has 0 spiro atoms. The third-order valence-electron chi connectivity index (χ3n) is 7.23. The summed E-state index contributed by atoms with van der Waals surface area (Å²) in [6, 6.07) is 17.9. The average Bonchev–Trinajstić information content (AvgIpc) is 3.45. The van der Waals surface area contributed by atoms with Gasteiger partial charge in [-0.15, -0.1) is 0 Å². The fourth-order valence-corrected chi connectivity index (χ4v) is 5.26. The Bertz CT molecular complexity index is 1100. The summed E-state index contributed by atoms with van der Waals surface area (Å²) < 4.78 is 34.6. The number of esters is 1. The van der Waals surface area contributed by atoms with Crippen LogP contribution in [0.4, 0.5) is 4.79 Å². The van der Waals surface area contributed by atoms with Crippen molar-refractivity contribution in [2.24, 2.45) is 5.73 Å². The zero-order chi connectivity index (χ0) is 28.7. The number of hydrogen-bond donors (Lipinski definition) is 1. The molecule has 0 bridgehead atoms. The molecule has 10 nitrogen and oxygen atoms in total. The smallest absolute Gasteiger partial charge is 0.410 e. The van der Waals surface area contributed by atoms with Crippen LogP contribution in [-0.2, 0) is 46.4 Å². The van der Waals surface area contributed by atoms with E-state index in [9.17, 15) is 9.59 Å². The number of fused-ring (bicyclic) bond motifs is 1. The Kier molecular flexibility index (Phi) is 10.2. The second kappa shape index (κ2) is 13.6. The zero-order valence-corrected chi connectivity index (χ0v) is 23.6. The number of carbonyl (C=O) groups is 2. The summed E-state index contributed by atoms with van der Waals surface area (Å²) in [5, 5.41) is 0. The molecule has 218 valence electrons. The molecule has 4 rings (SSSR count). The first-order valence-electron chi connectivity index (χ1n) is 13.6. The van der Waals surface area contributed by atoms with E-state index in [2.05, 4.69) is 0 Å². The van der Waals surface area contributed by atoms with Gasteiger partial charge in [0.1, 0.15) is 24.9 Å². The van der Waals surface area contributed by atoms with Gasteiger partial charge in [0.25, 0.3) is 0 Å². The molecule has 0 saturated carbocycles. The highest BCUT2D eigenvalue weighted by Crippen LogP contribution is 2.41. The standard InChI is InChI=1S/C30H40N2O8/c1-30(2)39-25-24(38-28(36-4)26(25)40-30)17-22(15-16-23(31)27(33)35-3)32(18-20-11-7-5-8-12-20)29(34)37-19-21-13-9-6-10-14-21/h5-14,22-26,28H,15-19,31H2,1-4H3/t22-,23-,24+,25?,26-,28+/m0/s1. The first-order chi connectivity index (χ1) is 19.2. The van der Waals surface area contributed by atoms with Gasteiger partial charge in [0.05, 0.1) is 13.2 Å². The summed E-state index contributed by atoms with van der Waals surface area (Å²) in [5.74, 6) is -1.30. The van der Waals surface area contributed by atoms with E-state index < -0.39 is 54.5 Å². The summed E-state index contributed by atoms with van der Waals surface area (Å²) in [5.41, 5.74) is 7.92. The van der Waals surface area contributed by atoms with Gasteiger partial charge in [-0.3, -0.25) is 4.79 Å². The summed E-state index contributed by atoms with van der Waals surface area (Å²) in [6.07, 6.45) is -1.23. The van der Waals surface area contributed by atoms with Gasteiger partial charge in [-0.1, -0.05) is 60.7 Å². The highest BCUT2D eigenvalue weighted by atomic mass is 16.8. The van der Waals surface area contributed by atoms with Crippen LogP contribution in [0.15, 0.2) is 60.7 Å². The Labute approximate surface area is 235 Å². The molecular formula is C30H40N2O8. The number of nitrogens with two attached hydrogens (primary N) is 1. The van der Waals surface area contributed by atoms with Crippen molar-refractivity contribution in [3.8, 4) is 0 Å². The first-order valence-corrected chi connectivity index (χ1v) is 13.6. The van der Waals surface area contributed by atoms with Crippen LogP contribution in [0.3, 0.4) is 0 Å². The summed E-state index contributed by atoms with van der Waals surface area (Å²) in [4.78, 5) is 27.5. The second-order valence-corrected chi connectivity index (χ2v) is 10.6. The van der Waals surface area contributed by atoms with Crippen molar-refractivity contribution in [1.29, 1.82) is 0 Å². The van der Waals surface area contributed by atoms with Crippen molar-refractivity contribution in [2.75, 3.05) is 14.2 Å². The van der Waals surface area contributed by atoms with Crippen molar-refractivity contribution < 1.29 is 38.0 Å². The molecular weight excluding hydrogens is 516 g/mol. The van der Waals surface area contributed by atoms with Gasteiger partial charge >= 0.3 is 12.1 Å². The van der Waals surface area contributed by atoms with Gasteiger partial charge in [0, 0.05) is 19.7 Å². The molecule has 2 N–H and O–H groups in total. The zero-order valence-electron chi connectivity index (χ0n) is 23.6. The monoisotopic (exact) mass is 556 g/mol. The highest BCUT2D eigenvalue weighted by molar-refractivity contribution is 5.75. The van der Waals surface area contributed by atoms with Crippen LogP contribution < -0.4 is 5.73 Å². The number of benzene rings is 2. The number of ether oxygens (including phenoxy) is 6. The number of hydrogen-bond acceptors (Lipinski definition) is 9. The largest absolute Gasteiger partial charge is 0.468 e. The molecule has 1 unspecified atom stereocenters. The minimum absolute atomic E-state index is 0.126. The molecule has 2 aromatic carbocycles. The molecule has 2 heterocycles. The third kappa shape index (κ3) is 7.58. The summed E-state index contributed by atoms with van der Waals surface area (Å²) in [6.45, 7) is 4.13. The molecule has 2 aliphatic heterocycles. The molecule has 40 heavy (non-hydrogen) atoms. The molecule has 0 radical (unpaired) electrons. The molecule has 6 atom stereocenters. The van der Waals surface area contributed by atoms with Crippen molar-refractivity contribution in [3.05, 3.63) is 71.8 Å². The van der Waals surface area contributed by atoms with Gasteiger partial charge in [0.15, 0.2) is 12.1 Å². The molecule has 2 aromatic rings. The highest BCUT2D eigenvalue weighted by Gasteiger charge is 2.56. The van der Waals surface area contributed by atoms with E-state index in [1.807, 2.05) is 74.5 Å². The number of carbonyl (C=O) groups excluding carboxylic acids is 2. The SMILES string of the molecule is COC(=O)[C@@H](N)CC[C@@H](C[C@H]1O[C@@H](OC)[C@H]2OC(C)(C)OC12)N(Cc1ccccc1)C(=O)OCc1ccccc1. The van der Waals surface area contributed by atoms with Gasteiger partial charge in [-0.2, -0.15) is 0 Å². The molecule has 2 fully saturated rings. The number of nitrogens with zero attached hydrogens (tertiary/aromatic N) is 1. The van der Waals surface area contributed by atoms with Crippen molar-refractivity contribution in [1.82, 2.24) is 4.90 Å². The van der Waals surface area contributed by atoms with Crippen LogP contribution in [-0.4, -0.2) is 73.7 Å². The van der Waals surface area contributed by atoms with E-state index in [0.717, 1.165) is 11.1 Å². The Morgan fingerprint density at radius 2 is 1.57 bits per heavy atom. The lowest BCUT2D eigenvalue weighted by Gasteiger charge is -2.34. The van der Waals surface area contributed by atoms with E-state index in [4.69, 9.17) is 34.2 Å². The van der Waals surface area contributed by atoms with Crippen molar-refractivity contribution >= 4 is 12.1 Å². The Morgan fingerprint density at radius 1 is 0.950 bits per heavy atom. The van der Waals surface area contributed by atoms with E-state index in [1.165, 1.54) is 7.11 Å². The quantitative estimate of drug-likeness (QED) is 0.390. The van der Waals surface area contributed by atoms with Crippen molar-refractivity contribution in [3.63, 3.8) is 0 Å². The number of rotatable bonds is 12. The fraction of sp³-hybridized carbons (Fsp3) is 0.533. The van der Waals surface area contributed by atoms with E-state index in [-0.39, 0.29) is 6.61 Å². The van der Waals surface area contributed by atoms with Crippen LogP contribution in [0.5, 0.6) is 0 Å². The van der Waals surface area contributed by atoms with Crippen molar-refractivity contribution in [2.45, 2.75) is 88.7 Å². The van der Waals surface area contributed by atoms with Gasteiger partial charge in [-0.25, -0.2) is 4.79 Å². The summed E-state index contributed by atoms with van der Waals surface area (Å²) in [7, 11) is 2.87. The predicted octanol–water partition coefficient (Wildman–Crippen LogP) is 3.76. The maximum Gasteiger partial charge on any atom is 0.410 e. The minimum Gasteiger partial charge on any atom is -0.468 e. The summed E-state index contributed by atoms with van der Waals surface area (Å²) >= 11 is 0. The lowest BCUT2D eigenvalue weighted by atomic mass is 9.96. The molecule has 0 aromatic heterocycles. The number of amides is 1. The van der Waals surface area contributed by atoms with Gasteiger partial charge < -0.3 is 39.1 Å². The molecule has 0 aliphatic carbocycles. The van der Waals surface area contributed by atoms with Crippen LogP contribution >= 0.6 is 0 Å². The topological polar surface area (TPSA) is 119 Å². The van der Waals surface area contributed by atoms with E-state index in [0.29, 0.717) is 25.8 Å². The van der Waals surface area contributed by atoms with Crippen LogP contribution in [0, 0.1) is 0 Å². The lowest BCUT2D eigenvalue weighted by Crippen LogP contribution is -2.45.